The fourth-order valence-electron chi connectivity index (χ4n) is 2.35. The first-order valence-electron chi connectivity index (χ1n) is 8.39. The quantitative estimate of drug-likeness (QED) is 0.595. The van der Waals surface area contributed by atoms with Crippen LogP contribution in [0.3, 0.4) is 0 Å². The molecule has 0 bridgehead atoms. The van der Waals surface area contributed by atoms with Crippen molar-refractivity contribution in [3.05, 3.63) is 0 Å². The lowest BCUT2D eigenvalue weighted by Gasteiger charge is -2.35. The van der Waals surface area contributed by atoms with Crippen LogP contribution >= 0.6 is 0 Å². The van der Waals surface area contributed by atoms with Crippen molar-refractivity contribution in [1.29, 1.82) is 0 Å². The molecule has 0 rings (SSSR count). The highest BCUT2D eigenvalue weighted by atomic mass is 16.5. The SMILES string of the molecule is CCCNC(C)(CC(C)N(C)CCC(C)C)C(=O)OCC. The highest BCUT2D eigenvalue weighted by Gasteiger charge is 2.36. The number of nitrogens with zero attached hydrogens (tertiary/aromatic N) is 1. The zero-order valence-corrected chi connectivity index (χ0v) is 15.2. The summed E-state index contributed by atoms with van der Waals surface area (Å²) in [5.41, 5.74) is -0.600. The number of hydrogen-bond donors (Lipinski definition) is 1. The molecule has 0 aromatic rings. The topological polar surface area (TPSA) is 41.6 Å². The molecule has 0 aliphatic rings. The third-order valence-electron chi connectivity index (χ3n) is 4.01. The van der Waals surface area contributed by atoms with E-state index in [4.69, 9.17) is 4.74 Å². The lowest BCUT2D eigenvalue weighted by atomic mass is 9.92. The summed E-state index contributed by atoms with van der Waals surface area (Å²) in [6.07, 6.45) is 2.95. The second-order valence-corrected chi connectivity index (χ2v) is 6.70. The normalized spacial score (nSPS) is 16.0. The summed E-state index contributed by atoms with van der Waals surface area (Å²) in [5.74, 6) is 0.567. The minimum absolute atomic E-state index is 0.137. The molecule has 2 atom stereocenters. The van der Waals surface area contributed by atoms with Gasteiger partial charge in [0.1, 0.15) is 5.54 Å². The molecule has 0 saturated carbocycles. The molecule has 21 heavy (non-hydrogen) atoms. The second-order valence-electron chi connectivity index (χ2n) is 6.70. The summed E-state index contributed by atoms with van der Waals surface area (Å²) >= 11 is 0. The van der Waals surface area contributed by atoms with Gasteiger partial charge in [0, 0.05) is 6.04 Å². The van der Waals surface area contributed by atoms with Crippen molar-refractivity contribution in [2.24, 2.45) is 5.92 Å². The molecule has 0 aromatic heterocycles. The molecular weight excluding hydrogens is 264 g/mol. The van der Waals surface area contributed by atoms with Crippen LogP contribution in [0.1, 0.15) is 60.8 Å². The first-order chi connectivity index (χ1) is 9.76. The number of carbonyl (C=O) groups is 1. The Morgan fingerprint density at radius 1 is 1.29 bits per heavy atom. The summed E-state index contributed by atoms with van der Waals surface area (Å²) in [7, 11) is 2.14. The Balaban J connectivity index is 4.66. The van der Waals surface area contributed by atoms with Crippen LogP contribution in [0.5, 0.6) is 0 Å². The summed E-state index contributed by atoms with van der Waals surface area (Å²) < 4.78 is 5.26. The molecule has 0 aliphatic heterocycles. The third kappa shape index (κ3) is 7.82. The van der Waals surface area contributed by atoms with Crippen molar-refractivity contribution >= 4 is 5.97 Å². The van der Waals surface area contributed by atoms with E-state index in [1.807, 2.05) is 13.8 Å². The fourth-order valence-corrected chi connectivity index (χ4v) is 2.35. The molecule has 0 aromatic carbocycles. The maximum absolute atomic E-state index is 12.3. The minimum Gasteiger partial charge on any atom is -0.465 e. The van der Waals surface area contributed by atoms with Gasteiger partial charge in [0.15, 0.2) is 0 Å². The zero-order valence-electron chi connectivity index (χ0n) is 15.2. The van der Waals surface area contributed by atoms with Gasteiger partial charge in [-0.25, -0.2) is 0 Å². The average molecular weight is 300 g/mol. The Hall–Kier alpha value is -0.610. The van der Waals surface area contributed by atoms with E-state index >= 15 is 0 Å². The Labute approximate surface area is 131 Å². The van der Waals surface area contributed by atoms with Crippen molar-refractivity contribution in [2.45, 2.75) is 72.4 Å². The van der Waals surface area contributed by atoms with E-state index < -0.39 is 5.54 Å². The van der Waals surface area contributed by atoms with Gasteiger partial charge >= 0.3 is 5.97 Å². The molecule has 0 heterocycles. The van der Waals surface area contributed by atoms with Gasteiger partial charge < -0.3 is 15.0 Å². The summed E-state index contributed by atoms with van der Waals surface area (Å²) in [6, 6.07) is 0.336. The molecule has 0 spiro atoms. The fraction of sp³-hybridized carbons (Fsp3) is 0.941. The van der Waals surface area contributed by atoms with Gasteiger partial charge in [-0.1, -0.05) is 20.8 Å². The highest BCUT2D eigenvalue weighted by Crippen LogP contribution is 2.18. The maximum Gasteiger partial charge on any atom is 0.326 e. The molecule has 0 aliphatic carbocycles. The van der Waals surface area contributed by atoms with Crippen molar-refractivity contribution in [2.75, 3.05) is 26.7 Å². The van der Waals surface area contributed by atoms with Crippen LogP contribution < -0.4 is 5.32 Å². The Morgan fingerprint density at radius 2 is 1.90 bits per heavy atom. The number of ether oxygens (including phenoxy) is 1. The molecule has 1 N–H and O–H groups in total. The summed E-state index contributed by atoms with van der Waals surface area (Å²) in [5, 5.41) is 3.38. The van der Waals surface area contributed by atoms with Crippen LogP contribution in [0.25, 0.3) is 0 Å². The number of hydrogen-bond acceptors (Lipinski definition) is 4. The molecule has 0 radical (unpaired) electrons. The first-order valence-corrected chi connectivity index (χ1v) is 8.39. The minimum atomic E-state index is -0.600. The first kappa shape index (κ1) is 20.4. The molecule has 2 unspecified atom stereocenters. The van der Waals surface area contributed by atoms with E-state index in [9.17, 15) is 4.79 Å². The van der Waals surface area contributed by atoms with Crippen LogP contribution in [-0.2, 0) is 9.53 Å². The summed E-state index contributed by atoms with van der Waals surface area (Å²) in [6.45, 7) is 14.9. The van der Waals surface area contributed by atoms with Gasteiger partial charge in [-0.05, 0) is 66.1 Å². The average Bonchev–Trinajstić information content (AvgIpc) is 2.42. The van der Waals surface area contributed by atoms with Crippen LogP contribution in [0.4, 0.5) is 0 Å². The lowest BCUT2D eigenvalue weighted by Crippen LogP contribution is -2.54. The van der Waals surface area contributed by atoms with Crippen molar-refractivity contribution in [3.63, 3.8) is 0 Å². The second kappa shape index (κ2) is 10.2. The molecule has 4 nitrogen and oxygen atoms in total. The number of rotatable bonds is 11. The molecule has 0 saturated heterocycles. The van der Waals surface area contributed by atoms with E-state index in [1.54, 1.807) is 0 Å². The summed E-state index contributed by atoms with van der Waals surface area (Å²) in [4.78, 5) is 14.6. The monoisotopic (exact) mass is 300 g/mol. The lowest BCUT2D eigenvalue weighted by molar-refractivity contribution is -0.151. The van der Waals surface area contributed by atoms with Gasteiger partial charge in [-0.2, -0.15) is 0 Å². The zero-order chi connectivity index (χ0) is 16.5. The molecule has 126 valence electrons. The predicted molar refractivity (Wildman–Crippen MR) is 89.5 cm³/mol. The van der Waals surface area contributed by atoms with Gasteiger partial charge in [-0.15, -0.1) is 0 Å². The number of nitrogens with one attached hydrogen (secondary N) is 1. The number of carbonyl (C=O) groups excluding carboxylic acids is 1. The van der Waals surface area contributed by atoms with Gasteiger partial charge in [0.25, 0.3) is 0 Å². The van der Waals surface area contributed by atoms with Gasteiger partial charge in [0.2, 0.25) is 0 Å². The van der Waals surface area contributed by atoms with Crippen LogP contribution in [0.2, 0.25) is 0 Å². The van der Waals surface area contributed by atoms with E-state index in [1.165, 1.54) is 6.42 Å². The van der Waals surface area contributed by atoms with Crippen LogP contribution in [0.15, 0.2) is 0 Å². The smallest absolute Gasteiger partial charge is 0.326 e. The van der Waals surface area contributed by atoms with E-state index in [2.05, 4.69) is 45.0 Å². The Bertz CT molecular complexity index is 295. The molecule has 0 amide bonds. The van der Waals surface area contributed by atoms with Crippen molar-refractivity contribution in [1.82, 2.24) is 10.2 Å². The van der Waals surface area contributed by atoms with Crippen molar-refractivity contribution in [3.8, 4) is 0 Å². The van der Waals surface area contributed by atoms with Crippen LogP contribution in [-0.4, -0.2) is 49.2 Å². The van der Waals surface area contributed by atoms with Crippen molar-refractivity contribution < 1.29 is 9.53 Å². The Kier molecular flexibility index (Phi) is 9.88. The standard InChI is InChI=1S/C17H36N2O2/c1-8-11-18-17(6,16(20)21-9-2)13-15(5)19(7)12-10-14(3)4/h14-15,18H,8-13H2,1-7H3. The van der Waals surface area contributed by atoms with E-state index in [0.717, 1.165) is 25.9 Å². The maximum atomic E-state index is 12.3. The predicted octanol–water partition coefficient (Wildman–Crippen LogP) is 3.06. The number of esters is 1. The molecular formula is C17H36N2O2. The third-order valence-corrected chi connectivity index (χ3v) is 4.01. The van der Waals surface area contributed by atoms with Gasteiger partial charge in [-0.3, -0.25) is 4.79 Å². The van der Waals surface area contributed by atoms with Crippen LogP contribution in [0, 0.1) is 5.92 Å². The molecule has 4 heteroatoms. The largest absolute Gasteiger partial charge is 0.465 e. The van der Waals surface area contributed by atoms with E-state index in [0.29, 0.717) is 18.6 Å². The van der Waals surface area contributed by atoms with E-state index in [-0.39, 0.29) is 5.97 Å². The highest BCUT2D eigenvalue weighted by molar-refractivity contribution is 5.80. The molecule has 0 fully saturated rings. The van der Waals surface area contributed by atoms with Gasteiger partial charge in [0.05, 0.1) is 6.61 Å². The Morgan fingerprint density at radius 3 is 2.38 bits per heavy atom.